The lowest BCUT2D eigenvalue weighted by Crippen LogP contribution is -3.14. The number of amides is 1. The van der Waals surface area contributed by atoms with Gasteiger partial charge in [0.25, 0.3) is 5.91 Å². The maximum atomic E-state index is 12.2. The van der Waals surface area contributed by atoms with E-state index in [1.54, 1.807) is 0 Å². The largest absolute Gasteiger partial charge is 0.321 e. The van der Waals surface area contributed by atoms with Crippen LogP contribution in [0.25, 0.3) is 0 Å². The number of carbonyl (C=O) groups excluding carboxylic acids is 1. The fraction of sp³-hybridized carbons (Fsp3) is 0.312. The second kappa shape index (κ2) is 6.46. The fourth-order valence-electron chi connectivity index (χ4n) is 2.84. The first kappa shape index (κ1) is 15.0. The minimum Gasteiger partial charge on any atom is -0.321 e. The smallest absolute Gasteiger partial charge is 0.279 e. The molecule has 1 aliphatic rings. The summed E-state index contributed by atoms with van der Waals surface area (Å²) in [6, 6.07) is 10.5. The Kier molecular flexibility index (Phi) is 4.61. The standard InChI is InChI=1S/C16H17IN2OS/c1-11-14-7-9-21-15(14)6-8-19(11)10-16(20)18-13-4-2-12(17)3-5-13/h2-5,7,9,11H,6,8,10H2,1H3,(H,18,20)/p+1/t11-/m1/s1. The van der Waals surface area contributed by atoms with Crippen LogP contribution in [-0.4, -0.2) is 19.0 Å². The highest BCUT2D eigenvalue weighted by atomic mass is 127. The Balaban J connectivity index is 1.62. The van der Waals surface area contributed by atoms with Crippen molar-refractivity contribution < 1.29 is 9.69 Å². The van der Waals surface area contributed by atoms with E-state index in [2.05, 4.69) is 46.3 Å². The second-order valence-electron chi connectivity index (χ2n) is 5.41. The van der Waals surface area contributed by atoms with E-state index in [0.29, 0.717) is 12.6 Å². The molecule has 1 aromatic carbocycles. The Hall–Kier alpha value is -0.920. The number of halogens is 1. The third-order valence-corrected chi connectivity index (χ3v) is 5.76. The van der Waals surface area contributed by atoms with Crippen molar-refractivity contribution in [1.29, 1.82) is 0 Å². The second-order valence-corrected chi connectivity index (χ2v) is 7.66. The molecule has 0 aliphatic carbocycles. The zero-order valence-corrected chi connectivity index (χ0v) is 14.8. The van der Waals surface area contributed by atoms with Crippen LogP contribution < -0.4 is 10.2 Å². The number of carbonyl (C=O) groups is 1. The Morgan fingerprint density at radius 1 is 1.38 bits per heavy atom. The summed E-state index contributed by atoms with van der Waals surface area (Å²) in [5.41, 5.74) is 2.30. The van der Waals surface area contributed by atoms with Crippen LogP contribution in [0.5, 0.6) is 0 Å². The quantitative estimate of drug-likeness (QED) is 0.746. The van der Waals surface area contributed by atoms with Crippen molar-refractivity contribution in [2.45, 2.75) is 19.4 Å². The molecule has 2 atom stereocenters. The zero-order valence-electron chi connectivity index (χ0n) is 11.9. The van der Waals surface area contributed by atoms with Crippen LogP contribution in [0.3, 0.4) is 0 Å². The van der Waals surface area contributed by atoms with Gasteiger partial charge in [-0.05, 0) is 65.2 Å². The van der Waals surface area contributed by atoms with Gasteiger partial charge in [-0.25, -0.2) is 0 Å². The highest BCUT2D eigenvalue weighted by molar-refractivity contribution is 14.1. The number of benzene rings is 1. The van der Waals surface area contributed by atoms with E-state index in [-0.39, 0.29) is 5.91 Å². The summed E-state index contributed by atoms with van der Waals surface area (Å²) in [6.45, 7) is 3.79. The molecule has 0 saturated heterocycles. The molecule has 0 bridgehead atoms. The topological polar surface area (TPSA) is 33.5 Å². The van der Waals surface area contributed by atoms with Crippen molar-refractivity contribution >= 4 is 45.5 Å². The number of thiophene rings is 1. The molecule has 0 radical (unpaired) electrons. The number of fused-ring (bicyclic) bond motifs is 1. The van der Waals surface area contributed by atoms with E-state index in [0.717, 1.165) is 18.7 Å². The average molecular weight is 413 g/mol. The molecular weight excluding hydrogens is 395 g/mol. The number of quaternary nitrogens is 1. The van der Waals surface area contributed by atoms with E-state index in [1.807, 2.05) is 35.6 Å². The molecule has 3 rings (SSSR count). The molecule has 1 aromatic heterocycles. The summed E-state index contributed by atoms with van der Waals surface area (Å²) >= 11 is 4.10. The summed E-state index contributed by atoms with van der Waals surface area (Å²) in [4.78, 5) is 15.1. The van der Waals surface area contributed by atoms with Gasteiger partial charge in [0, 0.05) is 26.1 Å². The highest BCUT2D eigenvalue weighted by Crippen LogP contribution is 2.24. The van der Waals surface area contributed by atoms with Gasteiger partial charge in [0.2, 0.25) is 0 Å². The third-order valence-electron chi connectivity index (χ3n) is 4.05. The van der Waals surface area contributed by atoms with Crippen molar-refractivity contribution in [3.8, 4) is 0 Å². The summed E-state index contributed by atoms with van der Waals surface area (Å²) in [6.07, 6.45) is 1.09. The fourth-order valence-corrected chi connectivity index (χ4v) is 4.18. The molecule has 2 N–H and O–H groups in total. The minimum absolute atomic E-state index is 0.0942. The van der Waals surface area contributed by atoms with Crippen LogP contribution in [0.4, 0.5) is 5.69 Å². The first-order valence-corrected chi connectivity index (χ1v) is 9.05. The maximum absolute atomic E-state index is 12.2. The SMILES string of the molecule is C[C@@H]1c2ccsc2CC[NH+]1CC(=O)Nc1ccc(I)cc1. The molecule has 0 spiro atoms. The summed E-state index contributed by atoms with van der Waals surface area (Å²) in [7, 11) is 0. The summed E-state index contributed by atoms with van der Waals surface area (Å²) in [5.74, 6) is 0.0942. The summed E-state index contributed by atoms with van der Waals surface area (Å²) in [5, 5.41) is 5.16. The van der Waals surface area contributed by atoms with Crippen LogP contribution in [-0.2, 0) is 11.2 Å². The lowest BCUT2D eigenvalue weighted by atomic mass is 10.0. The van der Waals surface area contributed by atoms with Gasteiger partial charge in [-0.1, -0.05) is 0 Å². The maximum Gasteiger partial charge on any atom is 0.279 e. The lowest BCUT2D eigenvalue weighted by molar-refractivity contribution is -0.923. The first-order chi connectivity index (χ1) is 10.1. The summed E-state index contributed by atoms with van der Waals surface area (Å²) < 4.78 is 1.17. The molecule has 0 saturated carbocycles. The van der Waals surface area contributed by atoms with Crippen LogP contribution in [0.2, 0.25) is 0 Å². The third kappa shape index (κ3) is 3.46. The van der Waals surface area contributed by atoms with E-state index >= 15 is 0 Å². The van der Waals surface area contributed by atoms with Gasteiger partial charge in [-0.3, -0.25) is 4.79 Å². The van der Waals surface area contributed by atoms with Crippen molar-refractivity contribution in [3.05, 3.63) is 49.7 Å². The van der Waals surface area contributed by atoms with Crippen LogP contribution in [0.1, 0.15) is 23.4 Å². The highest BCUT2D eigenvalue weighted by Gasteiger charge is 2.29. The van der Waals surface area contributed by atoms with Gasteiger partial charge >= 0.3 is 0 Å². The minimum atomic E-state index is 0.0942. The zero-order chi connectivity index (χ0) is 14.8. The molecule has 5 heteroatoms. The Bertz CT molecular complexity index is 638. The van der Waals surface area contributed by atoms with Crippen LogP contribution >= 0.6 is 33.9 Å². The molecule has 21 heavy (non-hydrogen) atoms. The van der Waals surface area contributed by atoms with Crippen molar-refractivity contribution in [2.24, 2.45) is 0 Å². The number of nitrogens with one attached hydrogen (secondary N) is 2. The number of anilines is 1. The van der Waals surface area contributed by atoms with Gasteiger partial charge < -0.3 is 10.2 Å². The number of hydrogen-bond donors (Lipinski definition) is 2. The lowest BCUT2D eigenvalue weighted by Gasteiger charge is -2.29. The van der Waals surface area contributed by atoms with Crippen LogP contribution in [0, 0.1) is 3.57 Å². The van der Waals surface area contributed by atoms with E-state index in [1.165, 1.54) is 18.9 Å². The molecule has 2 aromatic rings. The van der Waals surface area contributed by atoms with Gasteiger partial charge in [0.15, 0.2) is 6.54 Å². The van der Waals surface area contributed by atoms with Crippen molar-refractivity contribution in [3.63, 3.8) is 0 Å². The Morgan fingerprint density at radius 3 is 2.90 bits per heavy atom. The van der Waals surface area contributed by atoms with Crippen molar-refractivity contribution in [2.75, 3.05) is 18.4 Å². The first-order valence-electron chi connectivity index (χ1n) is 7.10. The van der Waals surface area contributed by atoms with Crippen LogP contribution in [0.15, 0.2) is 35.7 Å². The molecule has 3 nitrogen and oxygen atoms in total. The molecule has 1 aliphatic heterocycles. The van der Waals surface area contributed by atoms with Gasteiger partial charge in [0.1, 0.15) is 6.04 Å². The predicted molar refractivity (Wildman–Crippen MR) is 94.9 cm³/mol. The van der Waals surface area contributed by atoms with Crippen molar-refractivity contribution in [1.82, 2.24) is 0 Å². The predicted octanol–water partition coefficient (Wildman–Crippen LogP) is 2.49. The Labute approximate surface area is 142 Å². The molecule has 1 unspecified atom stereocenters. The van der Waals surface area contributed by atoms with Gasteiger partial charge in [-0.2, -0.15) is 0 Å². The molecule has 1 amide bonds. The molecular formula is C16H18IN2OS+. The number of rotatable bonds is 3. The van der Waals surface area contributed by atoms with E-state index < -0.39 is 0 Å². The average Bonchev–Trinajstić information content (AvgIpc) is 2.94. The monoisotopic (exact) mass is 413 g/mol. The molecule has 110 valence electrons. The number of hydrogen-bond acceptors (Lipinski definition) is 2. The van der Waals surface area contributed by atoms with Gasteiger partial charge in [-0.15, -0.1) is 11.3 Å². The van der Waals surface area contributed by atoms with E-state index in [4.69, 9.17) is 0 Å². The van der Waals surface area contributed by atoms with E-state index in [9.17, 15) is 4.79 Å². The Morgan fingerprint density at radius 2 is 2.14 bits per heavy atom. The van der Waals surface area contributed by atoms with Gasteiger partial charge in [0.05, 0.1) is 6.54 Å². The molecule has 2 heterocycles. The normalized spacial score (nSPS) is 20.9. The molecule has 0 fully saturated rings.